The number of pyridine rings is 1. The van der Waals surface area contributed by atoms with Gasteiger partial charge < -0.3 is 15.3 Å². The Labute approximate surface area is 158 Å². The Hall–Kier alpha value is -2.02. The van der Waals surface area contributed by atoms with Gasteiger partial charge >= 0.3 is 0 Å². The van der Waals surface area contributed by atoms with Gasteiger partial charge in [0.05, 0.1) is 17.5 Å². The van der Waals surface area contributed by atoms with E-state index in [1.54, 1.807) is 18.2 Å². The fraction of sp³-hybridized carbons (Fsp3) is 0.476. The molecule has 1 saturated carbocycles. The van der Waals surface area contributed by atoms with Crippen LogP contribution in [0, 0.1) is 17.7 Å². The Kier molecular flexibility index (Phi) is 4.88. The molecule has 1 aromatic heterocycles. The van der Waals surface area contributed by atoms with Gasteiger partial charge in [-0.05, 0) is 54.5 Å². The first kappa shape index (κ1) is 18.3. The van der Waals surface area contributed by atoms with Gasteiger partial charge in [-0.2, -0.15) is 0 Å². The number of aromatic hydroxyl groups is 1. The second-order valence-corrected chi connectivity index (χ2v) is 8.13. The highest BCUT2D eigenvalue weighted by molar-refractivity contribution is 5.20. The third kappa shape index (κ3) is 4.13. The SMILES string of the molecule is Oc1ccc([C@H](O)CN2C[C@@H]3C[C@](O)(Cc4ccc(F)cc4)C[C@@H]3C2)nc1. The van der Waals surface area contributed by atoms with Crippen molar-refractivity contribution in [3.8, 4) is 5.75 Å². The largest absolute Gasteiger partial charge is 0.506 e. The maximum absolute atomic E-state index is 13.1. The summed E-state index contributed by atoms with van der Waals surface area (Å²) in [6, 6.07) is 9.53. The number of nitrogens with zero attached hydrogens (tertiary/aromatic N) is 2. The first-order valence-electron chi connectivity index (χ1n) is 9.42. The van der Waals surface area contributed by atoms with Crippen LogP contribution < -0.4 is 0 Å². The predicted octanol–water partition coefficient (Wildman–Crippen LogP) is 2.28. The molecular weight excluding hydrogens is 347 g/mol. The van der Waals surface area contributed by atoms with Crippen molar-refractivity contribution < 1.29 is 19.7 Å². The van der Waals surface area contributed by atoms with Gasteiger partial charge in [0, 0.05) is 26.1 Å². The number of aliphatic hydroxyl groups is 2. The molecule has 27 heavy (non-hydrogen) atoms. The summed E-state index contributed by atoms with van der Waals surface area (Å²) in [4.78, 5) is 6.30. The maximum atomic E-state index is 13.1. The van der Waals surface area contributed by atoms with Crippen LogP contribution in [0.15, 0.2) is 42.6 Å². The molecule has 5 nitrogen and oxygen atoms in total. The molecule has 1 aliphatic carbocycles. The predicted molar refractivity (Wildman–Crippen MR) is 98.6 cm³/mol. The highest BCUT2D eigenvalue weighted by Gasteiger charge is 2.48. The van der Waals surface area contributed by atoms with E-state index in [2.05, 4.69) is 9.88 Å². The average molecular weight is 372 g/mol. The van der Waals surface area contributed by atoms with Crippen molar-refractivity contribution >= 4 is 0 Å². The van der Waals surface area contributed by atoms with Gasteiger partial charge in [0.1, 0.15) is 17.7 Å². The monoisotopic (exact) mass is 372 g/mol. The van der Waals surface area contributed by atoms with E-state index < -0.39 is 11.7 Å². The number of β-amino-alcohol motifs (C(OH)–C–C–N with tert-alkyl or cyclic N) is 1. The maximum Gasteiger partial charge on any atom is 0.133 e. The molecule has 2 aliphatic rings. The highest BCUT2D eigenvalue weighted by atomic mass is 19.1. The van der Waals surface area contributed by atoms with Gasteiger partial charge in [0.25, 0.3) is 0 Å². The van der Waals surface area contributed by atoms with Crippen molar-refractivity contribution in [2.45, 2.75) is 31.0 Å². The molecule has 4 atom stereocenters. The second kappa shape index (κ2) is 7.19. The Morgan fingerprint density at radius 3 is 2.37 bits per heavy atom. The fourth-order valence-electron chi connectivity index (χ4n) is 4.77. The number of fused-ring (bicyclic) bond motifs is 1. The molecule has 2 fully saturated rings. The molecule has 1 saturated heterocycles. The molecule has 3 N–H and O–H groups in total. The Morgan fingerprint density at radius 2 is 1.78 bits per heavy atom. The molecule has 0 unspecified atom stereocenters. The van der Waals surface area contributed by atoms with Gasteiger partial charge in [-0.15, -0.1) is 0 Å². The number of halogens is 1. The molecule has 6 heteroatoms. The number of aliphatic hydroxyl groups excluding tert-OH is 1. The van der Waals surface area contributed by atoms with Gasteiger partial charge in [0.15, 0.2) is 0 Å². The minimum atomic E-state index is -0.726. The van der Waals surface area contributed by atoms with Crippen molar-refractivity contribution in [2.24, 2.45) is 11.8 Å². The summed E-state index contributed by atoms with van der Waals surface area (Å²) in [6.07, 6.45) is 2.67. The molecule has 1 aromatic carbocycles. The average Bonchev–Trinajstić information content (AvgIpc) is 3.11. The summed E-state index contributed by atoms with van der Waals surface area (Å²) in [5.41, 5.74) is 0.790. The van der Waals surface area contributed by atoms with E-state index in [1.807, 2.05) is 0 Å². The third-order valence-electron chi connectivity index (χ3n) is 5.93. The van der Waals surface area contributed by atoms with Crippen molar-refractivity contribution in [2.75, 3.05) is 19.6 Å². The lowest BCUT2D eigenvalue weighted by Crippen LogP contribution is -2.33. The lowest BCUT2D eigenvalue weighted by atomic mass is 9.91. The van der Waals surface area contributed by atoms with Gasteiger partial charge in [-0.1, -0.05) is 12.1 Å². The third-order valence-corrected chi connectivity index (χ3v) is 5.93. The lowest BCUT2D eigenvalue weighted by molar-refractivity contribution is 0.0327. The second-order valence-electron chi connectivity index (χ2n) is 8.13. The van der Waals surface area contributed by atoms with Gasteiger partial charge in [-0.25, -0.2) is 4.39 Å². The summed E-state index contributed by atoms with van der Waals surface area (Å²) in [5, 5.41) is 30.7. The van der Waals surface area contributed by atoms with Crippen LogP contribution in [0.4, 0.5) is 4.39 Å². The summed E-state index contributed by atoms with van der Waals surface area (Å²) < 4.78 is 13.1. The van der Waals surface area contributed by atoms with Crippen LogP contribution in [0.3, 0.4) is 0 Å². The Morgan fingerprint density at radius 1 is 1.11 bits per heavy atom. The quantitative estimate of drug-likeness (QED) is 0.751. The first-order chi connectivity index (χ1) is 12.9. The van der Waals surface area contributed by atoms with Crippen molar-refractivity contribution in [3.05, 3.63) is 59.7 Å². The number of likely N-dealkylation sites (tertiary alicyclic amines) is 1. The standard InChI is InChI=1S/C21H25FN2O3/c22-17-3-1-14(2-4-17)7-21(27)8-15-11-24(12-16(15)9-21)13-20(26)19-6-5-18(25)10-23-19/h1-6,10,15-16,20,25-27H,7-9,11-13H2/t15-,16+,20-,21+/m1/s1. The molecule has 0 bridgehead atoms. The van der Waals surface area contributed by atoms with Gasteiger partial charge in [-0.3, -0.25) is 9.88 Å². The van der Waals surface area contributed by atoms with Crippen LogP contribution in [-0.2, 0) is 6.42 Å². The van der Waals surface area contributed by atoms with Crippen LogP contribution in [0.5, 0.6) is 5.75 Å². The van der Waals surface area contributed by atoms with Crippen LogP contribution in [-0.4, -0.2) is 50.4 Å². The lowest BCUT2D eigenvalue weighted by Gasteiger charge is -2.27. The van der Waals surface area contributed by atoms with Crippen molar-refractivity contribution in [1.29, 1.82) is 0 Å². The highest BCUT2D eigenvalue weighted by Crippen LogP contribution is 2.45. The zero-order valence-corrected chi connectivity index (χ0v) is 15.1. The van der Waals surface area contributed by atoms with Gasteiger partial charge in [0.2, 0.25) is 0 Å². The van der Waals surface area contributed by atoms with Crippen LogP contribution >= 0.6 is 0 Å². The van der Waals surface area contributed by atoms with Crippen molar-refractivity contribution in [3.63, 3.8) is 0 Å². The number of hydrogen-bond acceptors (Lipinski definition) is 5. The molecule has 0 amide bonds. The number of benzene rings is 1. The van der Waals surface area contributed by atoms with E-state index in [0.717, 1.165) is 31.5 Å². The Bertz CT molecular complexity index is 767. The first-order valence-corrected chi connectivity index (χ1v) is 9.42. The normalized spacial score (nSPS) is 29.0. The topological polar surface area (TPSA) is 76.8 Å². The molecule has 2 heterocycles. The van der Waals surface area contributed by atoms with Crippen molar-refractivity contribution in [1.82, 2.24) is 9.88 Å². The molecule has 0 spiro atoms. The summed E-state index contributed by atoms with van der Waals surface area (Å²) >= 11 is 0. The minimum absolute atomic E-state index is 0.0853. The molecule has 0 radical (unpaired) electrons. The molecule has 4 rings (SSSR count). The molecular formula is C21H25FN2O3. The molecule has 144 valence electrons. The zero-order chi connectivity index (χ0) is 19.0. The number of hydrogen-bond donors (Lipinski definition) is 3. The van der Waals surface area contributed by atoms with E-state index in [1.165, 1.54) is 24.4 Å². The zero-order valence-electron chi connectivity index (χ0n) is 15.1. The molecule has 1 aliphatic heterocycles. The van der Waals surface area contributed by atoms with Crippen LogP contribution in [0.1, 0.15) is 30.2 Å². The fourth-order valence-corrected chi connectivity index (χ4v) is 4.77. The van der Waals surface area contributed by atoms with E-state index in [4.69, 9.17) is 0 Å². The number of aromatic nitrogens is 1. The van der Waals surface area contributed by atoms with E-state index in [-0.39, 0.29) is 11.6 Å². The van der Waals surface area contributed by atoms with Crippen LogP contribution in [0.25, 0.3) is 0 Å². The smallest absolute Gasteiger partial charge is 0.133 e. The van der Waals surface area contributed by atoms with Crippen LogP contribution in [0.2, 0.25) is 0 Å². The summed E-state index contributed by atoms with van der Waals surface area (Å²) in [7, 11) is 0. The number of rotatable bonds is 5. The molecule has 2 aromatic rings. The Balaban J connectivity index is 1.32. The van der Waals surface area contributed by atoms with E-state index in [9.17, 15) is 19.7 Å². The summed E-state index contributed by atoms with van der Waals surface area (Å²) in [5.74, 6) is 0.652. The minimum Gasteiger partial charge on any atom is -0.506 e. The summed E-state index contributed by atoms with van der Waals surface area (Å²) in [6.45, 7) is 2.21. The van der Waals surface area contributed by atoms with E-state index in [0.29, 0.717) is 30.5 Å². The van der Waals surface area contributed by atoms with E-state index >= 15 is 0 Å².